The van der Waals surface area contributed by atoms with E-state index in [1.165, 1.54) is 6.07 Å². The summed E-state index contributed by atoms with van der Waals surface area (Å²) >= 11 is 0. The Morgan fingerprint density at radius 1 is 1.21 bits per heavy atom. The van der Waals surface area contributed by atoms with Crippen LogP contribution in [-0.2, 0) is 38.1 Å². The lowest BCUT2D eigenvalue weighted by molar-refractivity contribution is -0.118. The van der Waals surface area contributed by atoms with Crippen molar-refractivity contribution in [3.05, 3.63) is 53.1 Å². The van der Waals surface area contributed by atoms with E-state index in [4.69, 9.17) is 10.4 Å². The van der Waals surface area contributed by atoms with Gasteiger partial charge in [-0.1, -0.05) is 18.2 Å². The first-order valence-electron chi connectivity index (χ1n) is 9.36. The Hall–Kier alpha value is -2.16. The van der Waals surface area contributed by atoms with E-state index in [2.05, 4.69) is 0 Å². The lowest BCUT2D eigenvalue weighted by Gasteiger charge is -2.12. The molecular weight excluding hydrogens is 377 g/mol. The predicted molar refractivity (Wildman–Crippen MR) is 107 cm³/mol. The van der Waals surface area contributed by atoms with Crippen molar-refractivity contribution in [1.82, 2.24) is 0 Å². The van der Waals surface area contributed by atoms with Crippen molar-refractivity contribution in [2.75, 3.05) is 5.73 Å². The molecule has 0 aromatic heterocycles. The number of hydrogen-bond acceptors (Lipinski definition) is 6. The van der Waals surface area contributed by atoms with Crippen molar-refractivity contribution >= 4 is 33.9 Å². The fourth-order valence-electron chi connectivity index (χ4n) is 3.62. The molecule has 0 saturated heterocycles. The Labute approximate surface area is 164 Å². The molecule has 0 unspecified atom stereocenters. The fourth-order valence-corrected chi connectivity index (χ4v) is 5.20. The smallest absolute Gasteiger partial charge is 0.423 e. The molecular formula is C20H22BNO5S. The number of sulfone groups is 1. The summed E-state index contributed by atoms with van der Waals surface area (Å²) in [5.74, 6) is 0.275. The zero-order valence-corrected chi connectivity index (χ0v) is 16.2. The summed E-state index contributed by atoms with van der Waals surface area (Å²) in [6.45, 7) is 0.314. The highest BCUT2D eigenvalue weighted by Gasteiger charge is 2.29. The van der Waals surface area contributed by atoms with Gasteiger partial charge in [0, 0.05) is 18.5 Å². The van der Waals surface area contributed by atoms with Gasteiger partial charge in [0.15, 0.2) is 9.84 Å². The van der Waals surface area contributed by atoms with E-state index in [-0.39, 0.29) is 22.9 Å². The number of carbonyl (C=O) groups excluding carboxylic acids is 1. The van der Waals surface area contributed by atoms with Crippen molar-refractivity contribution in [1.29, 1.82) is 0 Å². The van der Waals surface area contributed by atoms with E-state index in [1.807, 2.05) is 0 Å². The van der Waals surface area contributed by atoms with Gasteiger partial charge in [-0.05, 0) is 59.1 Å². The maximum absolute atomic E-state index is 13.1. The van der Waals surface area contributed by atoms with Crippen molar-refractivity contribution in [3.8, 4) is 0 Å². The van der Waals surface area contributed by atoms with Crippen LogP contribution in [0.1, 0.15) is 36.0 Å². The van der Waals surface area contributed by atoms with Crippen LogP contribution in [0.3, 0.4) is 0 Å². The van der Waals surface area contributed by atoms with Crippen LogP contribution >= 0.6 is 0 Å². The molecule has 1 fully saturated rings. The number of ketones is 1. The van der Waals surface area contributed by atoms with Gasteiger partial charge in [0.25, 0.3) is 0 Å². The molecule has 1 heterocycles. The molecule has 1 aliphatic carbocycles. The lowest BCUT2D eigenvalue weighted by atomic mass is 9.79. The summed E-state index contributed by atoms with van der Waals surface area (Å²) in [6, 6.07) is 9.78. The van der Waals surface area contributed by atoms with E-state index in [0.29, 0.717) is 41.2 Å². The normalized spacial score (nSPS) is 16.2. The second kappa shape index (κ2) is 7.35. The van der Waals surface area contributed by atoms with Crippen molar-refractivity contribution < 1.29 is 22.9 Å². The molecule has 2 aromatic rings. The molecule has 146 valence electrons. The van der Waals surface area contributed by atoms with E-state index in [9.17, 15) is 18.2 Å². The Bertz CT molecular complexity index is 1030. The first-order valence-corrected chi connectivity index (χ1v) is 11.0. The maximum atomic E-state index is 13.1. The number of nitrogen functional groups attached to an aromatic ring is 1. The summed E-state index contributed by atoms with van der Waals surface area (Å²) < 4.78 is 31.3. The number of fused-ring (bicyclic) bond motifs is 1. The molecule has 0 spiro atoms. The highest BCUT2D eigenvalue weighted by atomic mass is 32.2. The van der Waals surface area contributed by atoms with Crippen molar-refractivity contribution in [2.45, 2.75) is 42.9 Å². The van der Waals surface area contributed by atoms with Crippen LogP contribution in [0.2, 0.25) is 0 Å². The predicted octanol–water partition coefficient (Wildman–Crippen LogP) is 1.37. The molecule has 3 N–H and O–H groups in total. The minimum absolute atomic E-state index is 0.0438. The third kappa shape index (κ3) is 4.14. The molecule has 1 saturated carbocycles. The van der Waals surface area contributed by atoms with Crippen LogP contribution in [-0.4, -0.2) is 26.3 Å². The molecule has 0 atom stereocenters. The number of rotatable bonds is 7. The highest BCUT2D eigenvalue weighted by Crippen LogP contribution is 2.33. The zero-order valence-electron chi connectivity index (χ0n) is 15.4. The van der Waals surface area contributed by atoms with Crippen molar-refractivity contribution in [3.63, 3.8) is 0 Å². The number of nitrogens with two attached hydrogens (primary N) is 1. The summed E-state index contributed by atoms with van der Waals surface area (Å²) in [7, 11) is -4.71. The van der Waals surface area contributed by atoms with Gasteiger partial charge >= 0.3 is 7.12 Å². The largest absolute Gasteiger partial charge is 0.491 e. The summed E-state index contributed by atoms with van der Waals surface area (Å²) in [6.07, 6.45) is 2.72. The van der Waals surface area contributed by atoms with Crippen LogP contribution < -0.4 is 11.2 Å². The van der Waals surface area contributed by atoms with Gasteiger partial charge in [0.1, 0.15) is 5.78 Å². The number of hydrogen-bond donors (Lipinski definition) is 2. The molecule has 8 heteroatoms. The second-order valence-corrected chi connectivity index (χ2v) is 9.64. The minimum Gasteiger partial charge on any atom is -0.423 e. The molecule has 28 heavy (non-hydrogen) atoms. The van der Waals surface area contributed by atoms with Crippen LogP contribution in [0.4, 0.5) is 5.69 Å². The average Bonchev–Trinajstić information content (AvgIpc) is 3.36. The zero-order chi connectivity index (χ0) is 19.9. The second-order valence-electron chi connectivity index (χ2n) is 7.69. The van der Waals surface area contributed by atoms with Gasteiger partial charge in [-0.3, -0.25) is 4.79 Å². The van der Waals surface area contributed by atoms with Gasteiger partial charge in [-0.25, -0.2) is 8.42 Å². The van der Waals surface area contributed by atoms with Crippen LogP contribution in [0.15, 0.2) is 41.3 Å². The number of Topliss-reactive ketones (excluding diaryl/α,β-unsaturated/α-hetero) is 1. The van der Waals surface area contributed by atoms with Gasteiger partial charge in [-0.2, -0.15) is 0 Å². The highest BCUT2D eigenvalue weighted by molar-refractivity contribution is 7.90. The Kier molecular flexibility index (Phi) is 5.03. The number of carbonyl (C=O) groups is 1. The standard InChI is InChI=1S/C20H22BNO5S/c22-17-5-6-20(16(9-17)10-18(23)7-13-1-2-13)28(25,26)12-14-3-4-15-11-27-21(24)19(15)8-14/h3-6,8-9,13,24H,1-2,7,10-12,22H2. The molecule has 4 rings (SSSR count). The SMILES string of the molecule is Nc1ccc(S(=O)(=O)Cc2ccc3c(c2)B(O)OC3)c(CC(=O)CC2CC2)c1. The quantitative estimate of drug-likeness (QED) is 0.538. The fraction of sp³-hybridized carbons (Fsp3) is 0.350. The molecule has 1 aliphatic heterocycles. The van der Waals surface area contributed by atoms with Crippen LogP contribution in [0, 0.1) is 5.92 Å². The Morgan fingerprint density at radius 3 is 2.75 bits per heavy atom. The average molecular weight is 399 g/mol. The molecule has 0 radical (unpaired) electrons. The van der Waals surface area contributed by atoms with E-state index < -0.39 is 17.0 Å². The van der Waals surface area contributed by atoms with Crippen LogP contribution in [0.5, 0.6) is 0 Å². The first-order chi connectivity index (χ1) is 13.3. The molecule has 0 amide bonds. The molecule has 6 nitrogen and oxygen atoms in total. The summed E-state index contributed by atoms with van der Waals surface area (Å²) in [5, 5.41) is 9.85. The number of benzene rings is 2. The summed E-state index contributed by atoms with van der Waals surface area (Å²) in [4.78, 5) is 12.4. The monoisotopic (exact) mass is 399 g/mol. The Balaban J connectivity index is 1.60. The molecule has 2 aromatic carbocycles. The van der Waals surface area contributed by atoms with Gasteiger partial charge in [0.2, 0.25) is 0 Å². The van der Waals surface area contributed by atoms with E-state index in [0.717, 1.165) is 18.4 Å². The first kappa shape index (κ1) is 19.2. The third-order valence-corrected chi connectivity index (χ3v) is 7.03. The van der Waals surface area contributed by atoms with Crippen LogP contribution in [0.25, 0.3) is 0 Å². The number of anilines is 1. The van der Waals surface area contributed by atoms with E-state index >= 15 is 0 Å². The topological polar surface area (TPSA) is 107 Å². The van der Waals surface area contributed by atoms with Gasteiger partial charge in [0.05, 0.1) is 17.3 Å². The molecule has 0 bridgehead atoms. The van der Waals surface area contributed by atoms with Gasteiger partial charge < -0.3 is 15.4 Å². The Morgan fingerprint density at radius 2 is 2.00 bits per heavy atom. The molecule has 2 aliphatic rings. The minimum atomic E-state index is -3.68. The lowest BCUT2D eigenvalue weighted by Crippen LogP contribution is -2.28. The van der Waals surface area contributed by atoms with Gasteiger partial charge in [-0.15, -0.1) is 0 Å². The van der Waals surface area contributed by atoms with Crippen molar-refractivity contribution in [2.24, 2.45) is 5.92 Å². The summed E-state index contributed by atoms with van der Waals surface area (Å²) in [5.41, 5.74) is 8.75. The van der Waals surface area contributed by atoms with E-state index in [1.54, 1.807) is 30.3 Å². The maximum Gasteiger partial charge on any atom is 0.491 e. The third-order valence-electron chi connectivity index (χ3n) is 5.25.